The number of alkyl halides is 2. The van der Waals surface area contributed by atoms with Gasteiger partial charge in [-0.05, 0) is 47.3 Å². The second kappa shape index (κ2) is 6.89. The Morgan fingerprint density at radius 2 is 2.19 bits per heavy atom. The van der Waals surface area contributed by atoms with Crippen LogP contribution in [-0.2, 0) is 4.79 Å². The van der Waals surface area contributed by atoms with Gasteiger partial charge in [0, 0.05) is 17.0 Å². The minimum atomic E-state index is -3.00. The predicted molar refractivity (Wildman–Crippen MR) is 79.7 cm³/mol. The van der Waals surface area contributed by atoms with Crippen molar-refractivity contribution in [1.82, 2.24) is 0 Å². The number of hydrogen-bond acceptors (Lipinski definition) is 3. The highest BCUT2D eigenvalue weighted by Gasteiger charge is 2.28. The van der Waals surface area contributed by atoms with Crippen LogP contribution in [0.1, 0.15) is 19.3 Å². The van der Waals surface area contributed by atoms with Crippen LogP contribution in [0.2, 0.25) is 5.02 Å². The number of carbonyl (C=O) groups is 1. The van der Waals surface area contributed by atoms with E-state index >= 15 is 0 Å². The van der Waals surface area contributed by atoms with E-state index in [1.165, 1.54) is 12.1 Å². The molecule has 0 saturated heterocycles. The smallest absolute Gasteiger partial charge is 0.387 e. The lowest BCUT2D eigenvalue weighted by Gasteiger charge is -2.16. The number of benzene rings is 1. The van der Waals surface area contributed by atoms with Crippen LogP contribution in [0.5, 0.6) is 5.75 Å². The lowest BCUT2D eigenvalue weighted by atomic mass is 10.1. The maximum atomic E-state index is 12.5. The van der Waals surface area contributed by atoms with Crippen LogP contribution < -0.4 is 15.8 Å². The van der Waals surface area contributed by atoms with Gasteiger partial charge in [0.1, 0.15) is 0 Å². The summed E-state index contributed by atoms with van der Waals surface area (Å²) >= 11 is 8.98. The van der Waals surface area contributed by atoms with Crippen molar-refractivity contribution < 1.29 is 18.3 Å². The predicted octanol–water partition coefficient (Wildman–Crippen LogP) is 3.77. The van der Waals surface area contributed by atoms with E-state index in [0.717, 1.165) is 6.42 Å². The van der Waals surface area contributed by atoms with Crippen molar-refractivity contribution in [3.05, 3.63) is 21.6 Å². The van der Waals surface area contributed by atoms with Gasteiger partial charge in [0.15, 0.2) is 5.75 Å². The van der Waals surface area contributed by atoms with Crippen LogP contribution in [-0.4, -0.2) is 18.6 Å². The molecular weight excluding hydrogens is 370 g/mol. The summed E-state index contributed by atoms with van der Waals surface area (Å²) in [6.07, 6.45) is 2.04. The Labute approximate surface area is 134 Å². The molecule has 0 aliphatic heterocycles. The van der Waals surface area contributed by atoms with Crippen LogP contribution in [0.15, 0.2) is 16.6 Å². The molecule has 0 spiro atoms. The highest BCUT2D eigenvalue weighted by Crippen LogP contribution is 2.38. The highest BCUT2D eigenvalue weighted by molar-refractivity contribution is 9.10. The molecule has 2 atom stereocenters. The normalized spacial score (nSPS) is 21.6. The molecule has 1 saturated carbocycles. The number of amides is 1. The van der Waals surface area contributed by atoms with Gasteiger partial charge in [0.05, 0.1) is 10.2 Å². The molecule has 1 aromatic carbocycles. The van der Waals surface area contributed by atoms with Crippen molar-refractivity contribution in [2.75, 3.05) is 5.32 Å². The van der Waals surface area contributed by atoms with Crippen molar-refractivity contribution in [2.24, 2.45) is 11.7 Å². The average Bonchev–Trinajstić information content (AvgIpc) is 2.80. The number of nitrogens with two attached hydrogens (primary N) is 1. The molecule has 21 heavy (non-hydrogen) atoms. The molecule has 1 amide bonds. The van der Waals surface area contributed by atoms with E-state index in [4.69, 9.17) is 17.3 Å². The van der Waals surface area contributed by atoms with Gasteiger partial charge in [-0.25, -0.2) is 0 Å². The van der Waals surface area contributed by atoms with Crippen molar-refractivity contribution in [2.45, 2.75) is 31.9 Å². The summed E-state index contributed by atoms with van der Waals surface area (Å²) in [6, 6.07) is 2.79. The number of nitrogens with one attached hydrogen (secondary N) is 1. The van der Waals surface area contributed by atoms with Gasteiger partial charge in [-0.3, -0.25) is 4.79 Å². The molecule has 1 aromatic rings. The van der Waals surface area contributed by atoms with E-state index in [9.17, 15) is 13.6 Å². The van der Waals surface area contributed by atoms with E-state index in [0.29, 0.717) is 17.9 Å². The zero-order chi connectivity index (χ0) is 15.6. The molecule has 1 aliphatic carbocycles. The molecule has 2 unspecified atom stereocenters. The van der Waals surface area contributed by atoms with Gasteiger partial charge in [-0.2, -0.15) is 8.78 Å². The Hall–Kier alpha value is -0.920. The van der Waals surface area contributed by atoms with Crippen LogP contribution in [0, 0.1) is 5.92 Å². The van der Waals surface area contributed by atoms with Crippen molar-refractivity contribution >= 4 is 39.1 Å². The number of rotatable bonds is 4. The Kier molecular flexibility index (Phi) is 5.40. The molecule has 8 heteroatoms. The highest BCUT2D eigenvalue weighted by atomic mass is 79.9. The van der Waals surface area contributed by atoms with Gasteiger partial charge >= 0.3 is 6.61 Å². The van der Waals surface area contributed by atoms with E-state index in [2.05, 4.69) is 26.0 Å². The summed E-state index contributed by atoms with van der Waals surface area (Å²) in [7, 11) is 0. The third-order valence-electron chi connectivity index (χ3n) is 3.32. The monoisotopic (exact) mass is 382 g/mol. The molecule has 0 aromatic heterocycles. The van der Waals surface area contributed by atoms with Crippen LogP contribution in [0.4, 0.5) is 14.5 Å². The molecule has 116 valence electrons. The minimum Gasteiger partial charge on any atom is -0.431 e. The van der Waals surface area contributed by atoms with Crippen molar-refractivity contribution in [1.29, 1.82) is 0 Å². The second-order valence-electron chi connectivity index (χ2n) is 4.90. The lowest BCUT2D eigenvalue weighted by molar-refractivity contribution is -0.119. The first-order valence-corrected chi connectivity index (χ1v) is 7.54. The number of anilines is 1. The number of carbonyl (C=O) groups excluding carboxylic acids is 1. The zero-order valence-corrected chi connectivity index (χ0v) is 13.3. The SMILES string of the molecule is NC1CCC(C(=O)Nc2cc(Cl)cc(Br)c2OC(F)F)C1. The van der Waals surface area contributed by atoms with Crippen LogP contribution in [0.25, 0.3) is 0 Å². The number of hydrogen-bond donors (Lipinski definition) is 2. The fraction of sp³-hybridized carbons (Fsp3) is 0.462. The maximum Gasteiger partial charge on any atom is 0.387 e. The molecular formula is C13H14BrClF2N2O2. The second-order valence-corrected chi connectivity index (χ2v) is 6.19. The Bertz CT molecular complexity index is 545. The number of ether oxygens (including phenoxy) is 1. The van der Waals surface area contributed by atoms with E-state index in [-0.39, 0.29) is 33.8 Å². The van der Waals surface area contributed by atoms with Crippen molar-refractivity contribution in [3.63, 3.8) is 0 Å². The molecule has 1 fully saturated rings. The Morgan fingerprint density at radius 1 is 1.48 bits per heavy atom. The maximum absolute atomic E-state index is 12.5. The molecule has 0 radical (unpaired) electrons. The molecule has 2 rings (SSSR count). The van der Waals surface area contributed by atoms with E-state index < -0.39 is 6.61 Å². The summed E-state index contributed by atoms with van der Waals surface area (Å²) in [5.74, 6) is -0.640. The van der Waals surface area contributed by atoms with Gasteiger partial charge < -0.3 is 15.8 Å². The number of halogens is 4. The van der Waals surface area contributed by atoms with E-state index in [1.54, 1.807) is 0 Å². The van der Waals surface area contributed by atoms with Crippen LogP contribution >= 0.6 is 27.5 Å². The fourth-order valence-corrected chi connectivity index (χ4v) is 3.26. The third kappa shape index (κ3) is 4.28. The van der Waals surface area contributed by atoms with Gasteiger partial charge in [-0.15, -0.1) is 0 Å². The minimum absolute atomic E-state index is 0.00336. The van der Waals surface area contributed by atoms with E-state index in [1.807, 2.05) is 0 Å². The Balaban J connectivity index is 2.19. The summed E-state index contributed by atoms with van der Waals surface area (Å²) in [5.41, 5.74) is 5.88. The zero-order valence-electron chi connectivity index (χ0n) is 10.9. The Morgan fingerprint density at radius 3 is 2.76 bits per heavy atom. The molecule has 0 heterocycles. The molecule has 1 aliphatic rings. The van der Waals surface area contributed by atoms with Crippen molar-refractivity contribution in [3.8, 4) is 5.75 Å². The largest absolute Gasteiger partial charge is 0.431 e. The summed E-state index contributed by atoms with van der Waals surface area (Å²) in [6.45, 7) is -3.00. The molecule has 0 bridgehead atoms. The molecule has 3 N–H and O–H groups in total. The lowest BCUT2D eigenvalue weighted by Crippen LogP contribution is -2.23. The fourth-order valence-electron chi connectivity index (χ4n) is 2.35. The summed E-state index contributed by atoms with van der Waals surface area (Å²) < 4.78 is 29.6. The van der Waals surface area contributed by atoms with Gasteiger partial charge in [0.25, 0.3) is 0 Å². The topological polar surface area (TPSA) is 64.4 Å². The van der Waals surface area contributed by atoms with Gasteiger partial charge in [0.2, 0.25) is 5.91 Å². The standard InChI is InChI=1S/C13H14BrClF2N2O2/c14-9-4-7(15)5-10(11(9)21-13(16)17)19-12(20)6-1-2-8(18)3-6/h4-6,8,13H,1-3,18H2,(H,19,20). The van der Waals surface area contributed by atoms with Crippen LogP contribution in [0.3, 0.4) is 0 Å². The average molecular weight is 384 g/mol. The van der Waals surface area contributed by atoms with Gasteiger partial charge in [-0.1, -0.05) is 11.6 Å². The molecule has 4 nitrogen and oxygen atoms in total. The first-order valence-electron chi connectivity index (χ1n) is 6.37. The summed E-state index contributed by atoms with van der Waals surface area (Å²) in [4.78, 5) is 12.2. The summed E-state index contributed by atoms with van der Waals surface area (Å²) in [5, 5.41) is 2.89. The first-order chi connectivity index (χ1) is 9.86. The third-order valence-corrected chi connectivity index (χ3v) is 4.12. The first kappa shape index (κ1) is 16.5. The quantitative estimate of drug-likeness (QED) is 0.832.